The number of carbonyl (C=O) groups excluding carboxylic acids is 1. The largest absolute Gasteiger partial charge is 0.436 e. The summed E-state index contributed by atoms with van der Waals surface area (Å²) in [6.45, 7) is 8.40. The van der Waals surface area contributed by atoms with Gasteiger partial charge in [0.25, 0.3) is 0 Å². The number of aryl methyl sites for hydroxylation is 2. The van der Waals surface area contributed by atoms with Gasteiger partial charge < -0.3 is 9.69 Å². The van der Waals surface area contributed by atoms with E-state index < -0.39 is 22.9 Å². The Labute approximate surface area is 173 Å². The molecular weight excluding hydrogens is 405 g/mol. The van der Waals surface area contributed by atoms with E-state index in [1.165, 1.54) is 22.7 Å². The highest BCUT2D eigenvalue weighted by atomic mass is 35.5. The molecule has 1 fully saturated rings. The number of anilines is 1. The number of alkyl halides is 3. The quantitative estimate of drug-likeness (QED) is 0.678. The van der Waals surface area contributed by atoms with Crippen molar-refractivity contribution in [2.24, 2.45) is 0 Å². The number of piperazine rings is 1. The number of aromatic nitrogens is 2. The summed E-state index contributed by atoms with van der Waals surface area (Å²) >= 11 is 5.81. The average Bonchev–Trinajstić information content (AvgIpc) is 2.97. The lowest BCUT2D eigenvalue weighted by atomic mass is 10.1. The Bertz CT molecular complexity index is 889. The Morgan fingerprint density at radius 2 is 1.79 bits per heavy atom. The van der Waals surface area contributed by atoms with Crippen LogP contribution in [0, 0.1) is 20.8 Å². The molecule has 0 radical (unpaired) electrons. The second kappa shape index (κ2) is 8.36. The number of aldehydes is 1. The zero-order valence-corrected chi connectivity index (χ0v) is 17.4. The van der Waals surface area contributed by atoms with Crippen molar-refractivity contribution in [3.05, 3.63) is 45.7 Å². The molecule has 3 rings (SSSR count). The predicted octanol–water partition coefficient (Wildman–Crippen LogP) is 3.87. The number of rotatable bonds is 5. The SMILES string of the molecule is Cc1ccc(N2CCN(C(C=O)Cn3nc(C(F)(F)F)c(Cl)c3C)CC2)cc1C. The van der Waals surface area contributed by atoms with Crippen LogP contribution in [0.5, 0.6) is 0 Å². The highest BCUT2D eigenvalue weighted by Gasteiger charge is 2.38. The third-order valence-corrected chi connectivity index (χ3v) is 6.01. The lowest BCUT2D eigenvalue weighted by Gasteiger charge is -2.38. The Morgan fingerprint density at radius 1 is 1.14 bits per heavy atom. The van der Waals surface area contributed by atoms with Crippen LogP contribution in [-0.4, -0.2) is 53.2 Å². The molecule has 0 bridgehead atoms. The van der Waals surface area contributed by atoms with Crippen molar-refractivity contribution in [2.45, 2.75) is 39.5 Å². The molecule has 1 aromatic heterocycles. The summed E-state index contributed by atoms with van der Waals surface area (Å²) in [5, 5.41) is 3.19. The fourth-order valence-electron chi connectivity index (χ4n) is 3.54. The van der Waals surface area contributed by atoms with E-state index in [0.29, 0.717) is 13.1 Å². The molecule has 1 aromatic carbocycles. The van der Waals surface area contributed by atoms with Crippen molar-refractivity contribution in [3.8, 4) is 0 Å². The maximum absolute atomic E-state index is 13.0. The van der Waals surface area contributed by atoms with Gasteiger partial charge in [0.1, 0.15) is 6.29 Å². The number of hydrogen-bond acceptors (Lipinski definition) is 4. The maximum Gasteiger partial charge on any atom is 0.436 e. The van der Waals surface area contributed by atoms with Gasteiger partial charge in [-0.25, -0.2) is 0 Å². The first-order chi connectivity index (χ1) is 13.6. The third kappa shape index (κ3) is 4.59. The molecule has 1 aliphatic heterocycles. The van der Waals surface area contributed by atoms with Gasteiger partial charge in [-0.2, -0.15) is 18.3 Å². The molecule has 158 valence electrons. The predicted molar refractivity (Wildman–Crippen MR) is 107 cm³/mol. The second-order valence-electron chi connectivity index (χ2n) is 7.42. The summed E-state index contributed by atoms with van der Waals surface area (Å²) in [7, 11) is 0. The Kier molecular flexibility index (Phi) is 6.24. The molecular formula is C20H24ClF3N4O. The number of benzene rings is 1. The normalized spacial score (nSPS) is 16.9. The van der Waals surface area contributed by atoms with Crippen LogP contribution < -0.4 is 4.90 Å². The van der Waals surface area contributed by atoms with Gasteiger partial charge in [0.2, 0.25) is 0 Å². The fraction of sp³-hybridized carbons (Fsp3) is 0.500. The number of nitrogens with zero attached hydrogens (tertiary/aromatic N) is 4. The topological polar surface area (TPSA) is 41.4 Å². The Morgan fingerprint density at radius 3 is 2.31 bits per heavy atom. The van der Waals surface area contributed by atoms with Crippen LogP contribution in [0.15, 0.2) is 18.2 Å². The molecule has 1 unspecified atom stereocenters. The van der Waals surface area contributed by atoms with Crippen molar-refractivity contribution in [2.75, 3.05) is 31.1 Å². The van der Waals surface area contributed by atoms with Crippen LogP contribution in [0.1, 0.15) is 22.5 Å². The summed E-state index contributed by atoms with van der Waals surface area (Å²) in [5.41, 5.74) is 2.70. The molecule has 1 aliphatic rings. The molecule has 0 amide bonds. The molecule has 29 heavy (non-hydrogen) atoms. The summed E-state index contributed by atoms with van der Waals surface area (Å²) < 4.78 is 40.3. The van der Waals surface area contributed by atoms with Crippen LogP contribution >= 0.6 is 11.6 Å². The van der Waals surface area contributed by atoms with Gasteiger partial charge >= 0.3 is 6.18 Å². The summed E-state index contributed by atoms with van der Waals surface area (Å²) in [6.07, 6.45) is -3.85. The lowest BCUT2D eigenvalue weighted by molar-refractivity contribution is -0.141. The number of halogens is 4. The van der Waals surface area contributed by atoms with Crippen molar-refractivity contribution >= 4 is 23.6 Å². The summed E-state index contributed by atoms with van der Waals surface area (Å²) in [6, 6.07) is 5.76. The average molecular weight is 429 g/mol. The first-order valence-corrected chi connectivity index (χ1v) is 9.81. The first kappa shape index (κ1) is 21.6. The lowest BCUT2D eigenvalue weighted by Crippen LogP contribution is -2.52. The van der Waals surface area contributed by atoms with E-state index in [-0.39, 0.29) is 12.2 Å². The van der Waals surface area contributed by atoms with E-state index in [9.17, 15) is 18.0 Å². The molecule has 0 aliphatic carbocycles. The van der Waals surface area contributed by atoms with E-state index in [1.54, 1.807) is 0 Å². The van der Waals surface area contributed by atoms with Gasteiger partial charge in [-0.05, 0) is 44.0 Å². The van der Waals surface area contributed by atoms with E-state index in [1.807, 2.05) is 4.90 Å². The Balaban J connectivity index is 1.68. The third-order valence-electron chi connectivity index (χ3n) is 5.56. The van der Waals surface area contributed by atoms with Crippen LogP contribution in [0.25, 0.3) is 0 Å². The van der Waals surface area contributed by atoms with Crippen molar-refractivity contribution in [3.63, 3.8) is 0 Å². The molecule has 0 N–H and O–H groups in total. The summed E-state index contributed by atoms with van der Waals surface area (Å²) in [5.74, 6) is 0. The molecule has 5 nitrogen and oxygen atoms in total. The molecule has 1 atom stereocenters. The van der Waals surface area contributed by atoms with E-state index in [0.717, 1.165) is 25.1 Å². The molecule has 2 aromatic rings. The standard InChI is InChI=1S/C20H24ClF3N4O/c1-13-4-5-16(10-14(13)2)26-6-8-27(9-7-26)17(12-29)11-28-15(3)18(21)19(25-28)20(22,23)24/h4-5,10,12,17H,6-9,11H2,1-3H3. The second-order valence-corrected chi connectivity index (χ2v) is 7.80. The van der Waals surface area contributed by atoms with Gasteiger partial charge in [0, 0.05) is 31.9 Å². The van der Waals surface area contributed by atoms with Gasteiger partial charge in [-0.3, -0.25) is 9.58 Å². The fourth-order valence-corrected chi connectivity index (χ4v) is 3.78. The van der Waals surface area contributed by atoms with Crippen molar-refractivity contribution < 1.29 is 18.0 Å². The highest BCUT2D eigenvalue weighted by Crippen LogP contribution is 2.35. The van der Waals surface area contributed by atoms with Gasteiger partial charge in [0.05, 0.1) is 23.3 Å². The molecule has 2 heterocycles. The molecule has 1 saturated heterocycles. The van der Waals surface area contributed by atoms with E-state index in [4.69, 9.17) is 11.6 Å². The van der Waals surface area contributed by atoms with Crippen molar-refractivity contribution in [1.82, 2.24) is 14.7 Å². The smallest absolute Gasteiger partial charge is 0.369 e. The minimum absolute atomic E-state index is 0.0365. The van der Waals surface area contributed by atoms with Gasteiger partial charge in [0.15, 0.2) is 5.69 Å². The maximum atomic E-state index is 13.0. The van der Waals surface area contributed by atoms with Gasteiger partial charge in [-0.1, -0.05) is 17.7 Å². The minimum Gasteiger partial charge on any atom is -0.369 e. The Hall–Kier alpha value is -2.06. The van der Waals surface area contributed by atoms with Crippen LogP contribution in [0.3, 0.4) is 0 Å². The minimum atomic E-state index is -4.62. The summed E-state index contributed by atoms with van der Waals surface area (Å²) in [4.78, 5) is 15.9. The van der Waals surface area contributed by atoms with Crippen LogP contribution in [-0.2, 0) is 17.5 Å². The number of hydrogen-bond donors (Lipinski definition) is 0. The van der Waals surface area contributed by atoms with Crippen LogP contribution in [0.4, 0.5) is 18.9 Å². The molecule has 0 spiro atoms. The zero-order chi connectivity index (χ0) is 21.3. The first-order valence-electron chi connectivity index (χ1n) is 9.43. The molecule has 0 saturated carbocycles. The molecule has 9 heteroatoms. The van der Waals surface area contributed by atoms with E-state index in [2.05, 4.69) is 42.0 Å². The van der Waals surface area contributed by atoms with E-state index >= 15 is 0 Å². The number of carbonyl (C=O) groups is 1. The van der Waals surface area contributed by atoms with Crippen LogP contribution in [0.2, 0.25) is 5.02 Å². The monoisotopic (exact) mass is 428 g/mol. The van der Waals surface area contributed by atoms with Crippen molar-refractivity contribution in [1.29, 1.82) is 0 Å². The zero-order valence-electron chi connectivity index (χ0n) is 16.6. The van der Waals surface area contributed by atoms with Gasteiger partial charge in [-0.15, -0.1) is 0 Å². The highest BCUT2D eigenvalue weighted by molar-refractivity contribution is 6.31.